The maximum atomic E-state index is 13.9. The van der Waals surface area contributed by atoms with Crippen LogP contribution in [0.2, 0.25) is 5.02 Å². The number of rotatable bonds is 7. The van der Waals surface area contributed by atoms with Crippen LogP contribution in [0.5, 0.6) is 11.5 Å². The highest BCUT2D eigenvalue weighted by atomic mass is 35.5. The zero-order valence-corrected chi connectivity index (χ0v) is 19.1. The first-order valence-corrected chi connectivity index (χ1v) is 11.0. The molecule has 1 aromatic heterocycles. The molecule has 9 heteroatoms. The van der Waals surface area contributed by atoms with Crippen LogP contribution in [0.15, 0.2) is 48.9 Å². The Morgan fingerprint density at radius 2 is 2.12 bits per heavy atom. The standard InChI is InChI=1S/C24H25ClFN3O4/c1-15-12-28(14-27-15)20-6-5-19(11-23(20)32-2)33-22-4-3-7-29(24(22)31)21(13-30)16-8-17(25)10-18(26)9-16/h5-6,8-12,14,21-22,30H,3-4,7,13H2,1-2H3. The smallest absolute Gasteiger partial charge is 0.264 e. The molecule has 1 aliphatic heterocycles. The maximum absolute atomic E-state index is 13.9. The Morgan fingerprint density at radius 1 is 1.30 bits per heavy atom. The Kier molecular flexibility index (Phi) is 6.85. The first-order chi connectivity index (χ1) is 15.9. The quantitative estimate of drug-likeness (QED) is 0.559. The minimum atomic E-state index is -0.733. The number of hydrogen-bond acceptors (Lipinski definition) is 5. The van der Waals surface area contributed by atoms with Gasteiger partial charge in [-0.1, -0.05) is 11.6 Å². The van der Waals surface area contributed by atoms with Gasteiger partial charge in [0, 0.05) is 23.8 Å². The summed E-state index contributed by atoms with van der Waals surface area (Å²) in [6.07, 6.45) is 4.06. The van der Waals surface area contributed by atoms with Crippen molar-refractivity contribution in [2.45, 2.75) is 31.9 Å². The summed E-state index contributed by atoms with van der Waals surface area (Å²) in [7, 11) is 1.57. The second-order valence-electron chi connectivity index (χ2n) is 7.94. The lowest BCUT2D eigenvalue weighted by Crippen LogP contribution is -2.49. The number of benzene rings is 2. The Balaban J connectivity index is 1.54. The molecule has 0 radical (unpaired) electrons. The van der Waals surface area contributed by atoms with Crippen LogP contribution < -0.4 is 9.47 Å². The summed E-state index contributed by atoms with van der Waals surface area (Å²) in [5.41, 5.74) is 2.12. The highest BCUT2D eigenvalue weighted by molar-refractivity contribution is 6.30. The van der Waals surface area contributed by atoms with Gasteiger partial charge in [-0.25, -0.2) is 9.37 Å². The van der Waals surface area contributed by atoms with Crippen LogP contribution in [0.1, 0.15) is 30.1 Å². The molecule has 1 saturated heterocycles. The molecule has 174 valence electrons. The van der Waals surface area contributed by atoms with Crippen LogP contribution in [0.4, 0.5) is 4.39 Å². The molecule has 1 amide bonds. The number of imidazole rings is 1. The third-order valence-electron chi connectivity index (χ3n) is 5.66. The summed E-state index contributed by atoms with van der Waals surface area (Å²) in [5, 5.41) is 10.2. The van der Waals surface area contributed by atoms with E-state index in [0.29, 0.717) is 36.4 Å². The number of methoxy groups -OCH3 is 1. The maximum Gasteiger partial charge on any atom is 0.264 e. The molecule has 0 aliphatic carbocycles. The number of halogens is 2. The van der Waals surface area contributed by atoms with E-state index in [1.807, 2.05) is 23.8 Å². The number of piperidine rings is 1. The number of hydrogen-bond donors (Lipinski definition) is 1. The van der Waals surface area contributed by atoms with Crippen molar-refractivity contribution in [2.75, 3.05) is 20.3 Å². The number of carbonyl (C=O) groups is 1. The van der Waals surface area contributed by atoms with Gasteiger partial charge in [-0.05, 0) is 55.7 Å². The summed E-state index contributed by atoms with van der Waals surface area (Å²) in [5.74, 6) is 0.275. The van der Waals surface area contributed by atoms with Gasteiger partial charge in [0.25, 0.3) is 5.91 Å². The fourth-order valence-corrected chi connectivity index (χ4v) is 4.33. The average molecular weight is 474 g/mol. The third-order valence-corrected chi connectivity index (χ3v) is 5.88. The summed E-state index contributed by atoms with van der Waals surface area (Å²) >= 11 is 5.98. The van der Waals surface area contributed by atoms with Gasteiger partial charge < -0.3 is 24.0 Å². The summed E-state index contributed by atoms with van der Waals surface area (Å²) < 4.78 is 27.3. The normalized spacial score (nSPS) is 17.2. The average Bonchev–Trinajstić information content (AvgIpc) is 3.22. The first kappa shape index (κ1) is 23.1. The number of ether oxygens (including phenoxy) is 2. The molecule has 2 atom stereocenters. The molecule has 2 unspecified atom stereocenters. The topological polar surface area (TPSA) is 76.8 Å². The Morgan fingerprint density at radius 3 is 2.79 bits per heavy atom. The number of carbonyl (C=O) groups excluding carboxylic acids is 1. The zero-order chi connectivity index (χ0) is 23.5. The van der Waals surface area contributed by atoms with E-state index in [1.54, 1.807) is 31.6 Å². The Hall–Kier alpha value is -3.10. The molecule has 3 aromatic rings. The van der Waals surface area contributed by atoms with Crippen LogP contribution in [-0.4, -0.2) is 51.8 Å². The lowest BCUT2D eigenvalue weighted by atomic mass is 10.00. The fourth-order valence-electron chi connectivity index (χ4n) is 4.10. The molecule has 1 fully saturated rings. The SMILES string of the molecule is COc1cc(OC2CCCN(C(CO)c3cc(F)cc(Cl)c3)C2=O)ccc1-n1cnc(C)c1. The van der Waals surface area contributed by atoms with E-state index in [-0.39, 0.29) is 17.5 Å². The van der Waals surface area contributed by atoms with Gasteiger partial charge in [-0.15, -0.1) is 0 Å². The van der Waals surface area contributed by atoms with Crippen molar-refractivity contribution >= 4 is 17.5 Å². The van der Waals surface area contributed by atoms with E-state index >= 15 is 0 Å². The van der Waals surface area contributed by atoms with E-state index in [2.05, 4.69) is 4.98 Å². The number of amides is 1. The van der Waals surface area contributed by atoms with Gasteiger partial charge in [-0.2, -0.15) is 0 Å². The van der Waals surface area contributed by atoms with Crippen molar-refractivity contribution < 1.29 is 23.8 Å². The predicted octanol–water partition coefficient (Wildman–Crippen LogP) is 4.09. The molecule has 1 N–H and O–H groups in total. The van der Waals surface area contributed by atoms with E-state index in [4.69, 9.17) is 21.1 Å². The zero-order valence-electron chi connectivity index (χ0n) is 18.4. The van der Waals surface area contributed by atoms with Gasteiger partial charge in [0.15, 0.2) is 6.10 Å². The highest BCUT2D eigenvalue weighted by Gasteiger charge is 2.35. The van der Waals surface area contributed by atoms with E-state index < -0.39 is 18.0 Å². The monoisotopic (exact) mass is 473 g/mol. The number of aliphatic hydroxyl groups excluding tert-OH is 1. The fraction of sp³-hybridized carbons (Fsp3) is 0.333. The number of aryl methyl sites for hydroxylation is 1. The van der Waals surface area contributed by atoms with Crippen LogP contribution in [-0.2, 0) is 4.79 Å². The number of likely N-dealkylation sites (tertiary alicyclic amines) is 1. The van der Waals surface area contributed by atoms with Crippen molar-refractivity contribution in [2.24, 2.45) is 0 Å². The molecule has 0 saturated carbocycles. The summed E-state index contributed by atoms with van der Waals surface area (Å²) in [4.78, 5) is 19.0. The molecular formula is C24H25ClFN3O4. The summed E-state index contributed by atoms with van der Waals surface area (Å²) in [6, 6.07) is 8.66. The first-order valence-electron chi connectivity index (χ1n) is 10.6. The highest BCUT2D eigenvalue weighted by Crippen LogP contribution is 2.32. The van der Waals surface area contributed by atoms with E-state index in [9.17, 15) is 14.3 Å². The minimum Gasteiger partial charge on any atom is -0.494 e. The molecule has 1 aliphatic rings. The second-order valence-corrected chi connectivity index (χ2v) is 8.37. The molecular weight excluding hydrogens is 449 g/mol. The number of aliphatic hydroxyl groups is 1. The lowest BCUT2D eigenvalue weighted by molar-refractivity contribution is -0.146. The molecule has 0 bridgehead atoms. The van der Waals surface area contributed by atoms with Crippen molar-refractivity contribution in [1.82, 2.24) is 14.5 Å². The third kappa shape index (κ3) is 4.96. The van der Waals surface area contributed by atoms with Crippen LogP contribution in [0.3, 0.4) is 0 Å². The molecule has 33 heavy (non-hydrogen) atoms. The van der Waals surface area contributed by atoms with Gasteiger partial charge >= 0.3 is 0 Å². The molecule has 2 heterocycles. The van der Waals surface area contributed by atoms with Gasteiger partial charge in [0.2, 0.25) is 0 Å². The van der Waals surface area contributed by atoms with Crippen LogP contribution >= 0.6 is 11.6 Å². The molecule has 7 nitrogen and oxygen atoms in total. The Bertz CT molecular complexity index is 1130. The number of nitrogens with zero attached hydrogens (tertiary/aromatic N) is 3. The van der Waals surface area contributed by atoms with Gasteiger partial charge in [-0.3, -0.25) is 4.79 Å². The van der Waals surface area contributed by atoms with Crippen LogP contribution in [0, 0.1) is 12.7 Å². The van der Waals surface area contributed by atoms with E-state index in [0.717, 1.165) is 11.4 Å². The Labute approximate surface area is 196 Å². The van der Waals surface area contributed by atoms with Crippen molar-refractivity contribution in [1.29, 1.82) is 0 Å². The van der Waals surface area contributed by atoms with Crippen molar-refractivity contribution in [3.8, 4) is 17.2 Å². The molecule has 2 aromatic carbocycles. The second kappa shape index (κ2) is 9.80. The van der Waals surface area contributed by atoms with Crippen molar-refractivity contribution in [3.05, 3.63) is 71.0 Å². The minimum absolute atomic E-state index is 0.209. The van der Waals surface area contributed by atoms with Crippen LogP contribution in [0.25, 0.3) is 5.69 Å². The van der Waals surface area contributed by atoms with Gasteiger partial charge in [0.05, 0.1) is 37.5 Å². The van der Waals surface area contributed by atoms with E-state index in [1.165, 1.54) is 17.0 Å². The van der Waals surface area contributed by atoms with Gasteiger partial charge in [0.1, 0.15) is 17.3 Å². The predicted molar refractivity (Wildman–Crippen MR) is 121 cm³/mol. The summed E-state index contributed by atoms with van der Waals surface area (Å²) in [6.45, 7) is 1.98. The van der Waals surface area contributed by atoms with Crippen molar-refractivity contribution in [3.63, 3.8) is 0 Å². The lowest BCUT2D eigenvalue weighted by Gasteiger charge is -2.37. The molecule has 0 spiro atoms. The number of aromatic nitrogens is 2. The largest absolute Gasteiger partial charge is 0.494 e. The molecule has 4 rings (SSSR count).